The molecule has 2 aliphatic heterocycles. The summed E-state index contributed by atoms with van der Waals surface area (Å²) in [6.07, 6.45) is 1.06. The van der Waals surface area contributed by atoms with Crippen molar-refractivity contribution in [3.8, 4) is 0 Å². The van der Waals surface area contributed by atoms with Crippen LogP contribution in [0.5, 0.6) is 0 Å². The van der Waals surface area contributed by atoms with Crippen molar-refractivity contribution in [3.05, 3.63) is 0 Å². The third kappa shape index (κ3) is 1.90. The van der Waals surface area contributed by atoms with E-state index in [1.165, 1.54) is 0 Å². The fourth-order valence-electron chi connectivity index (χ4n) is 1.88. The molecule has 0 saturated carbocycles. The van der Waals surface area contributed by atoms with Crippen molar-refractivity contribution in [1.29, 1.82) is 0 Å². The number of amides is 1. The van der Waals surface area contributed by atoms with Gasteiger partial charge < -0.3 is 14.4 Å². The number of halogens is 2. The second-order valence-electron chi connectivity index (χ2n) is 3.80. The predicted molar refractivity (Wildman–Crippen MR) is 56.1 cm³/mol. The van der Waals surface area contributed by atoms with E-state index in [9.17, 15) is 4.79 Å². The standard InChI is InChI=1S/C9H13Cl2NO3/c1-2-14-7(13)12-5-3-8(4-6-12)9(10,11)15-8/h2-6H2,1H3. The average Bonchev–Trinajstić information content (AvgIpc) is 2.69. The molecule has 0 aromatic heterocycles. The first-order valence-corrected chi connectivity index (χ1v) is 5.76. The molecule has 0 bridgehead atoms. The Labute approximate surface area is 98.4 Å². The van der Waals surface area contributed by atoms with Gasteiger partial charge in [-0.05, 0) is 19.8 Å². The van der Waals surface area contributed by atoms with Crippen molar-refractivity contribution >= 4 is 29.3 Å². The Bertz CT molecular complexity index is 275. The third-order valence-corrected chi connectivity index (χ3v) is 3.75. The molecular formula is C9H13Cl2NO3. The second-order valence-corrected chi connectivity index (χ2v) is 5.06. The quantitative estimate of drug-likeness (QED) is 0.531. The number of nitrogens with zero attached hydrogens (tertiary/aromatic N) is 1. The third-order valence-electron chi connectivity index (χ3n) is 2.91. The largest absolute Gasteiger partial charge is 0.450 e. The Hall–Kier alpha value is -0.190. The molecule has 0 aromatic carbocycles. The fourth-order valence-corrected chi connectivity index (χ4v) is 2.55. The lowest BCUT2D eigenvalue weighted by Gasteiger charge is -2.29. The lowest BCUT2D eigenvalue weighted by molar-refractivity contribution is 0.0850. The first-order valence-electron chi connectivity index (χ1n) is 5.00. The van der Waals surface area contributed by atoms with Crippen LogP contribution in [0.1, 0.15) is 19.8 Å². The molecule has 15 heavy (non-hydrogen) atoms. The summed E-state index contributed by atoms with van der Waals surface area (Å²) in [5.41, 5.74) is -0.431. The van der Waals surface area contributed by atoms with Crippen LogP contribution in [-0.2, 0) is 9.47 Å². The highest BCUT2D eigenvalue weighted by atomic mass is 35.5. The Morgan fingerprint density at radius 2 is 2.00 bits per heavy atom. The van der Waals surface area contributed by atoms with Gasteiger partial charge in [0.1, 0.15) is 5.60 Å². The van der Waals surface area contributed by atoms with Crippen LogP contribution in [0.15, 0.2) is 0 Å². The number of hydrogen-bond acceptors (Lipinski definition) is 3. The number of ether oxygens (including phenoxy) is 2. The number of epoxide rings is 1. The van der Waals surface area contributed by atoms with Crippen LogP contribution in [-0.4, -0.2) is 40.8 Å². The summed E-state index contributed by atoms with van der Waals surface area (Å²) in [6, 6.07) is 0. The Kier molecular flexibility index (Phi) is 2.77. The van der Waals surface area contributed by atoms with E-state index in [0.717, 1.165) is 0 Å². The zero-order valence-corrected chi connectivity index (χ0v) is 9.98. The molecule has 0 aromatic rings. The van der Waals surface area contributed by atoms with Gasteiger partial charge in [0, 0.05) is 13.1 Å². The van der Waals surface area contributed by atoms with E-state index in [4.69, 9.17) is 32.7 Å². The number of piperidine rings is 1. The van der Waals surface area contributed by atoms with Crippen LogP contribution >= 0.6 is 23.2 Å². The summed E-state index contributed by atoms with van der Waals surface area (Å²) in [4.78, 5) is 13.0. The van der Waals surface area contributed by atoms with Gasteiger partial charge in [-0.15, -0.1) is 0 Å². The van der Waals surface area contributed by atoms with Crippen molar-refractivity contribution in [3.63, 3.8) is 0 Å². The van der Waals surface area contributed by atoms with Gasteiger partial charge in [-0.1, -0.05) is 23.2 Å². The van der Waals surface area contributed by atoms with E-state index in [-0.39, 0.29) is 6.09 Å². The zero-order chi connectivity index (χ0) is 11.1. The molecule has 2 heterocycles. The average molecular weight is 254 g/mol. The van der Waals surface area contributed by atoms with Crippen molar-refractivity contribution in [2.75, 3.05) is 19.7 Å². The monoisotopic (exact) mass is 253 g/mol. The van der Waals surface area contributed by atoms with Gasteiger partial charge in [-0.2, -0.15) is 0 Å². The van der Waals surface area contributed by atoms with Gasteiger partial charge in [-0.3, -0.25) is 0 Å². The molecule has 0 N–H and O–H groups in total. The molecule has 86 valence electrons. The maximum absolute atomic E-state index is 11.4. The number of alkyl halides is 2. The molecule has 0 radical (unpaired) electrons. The minimum atomic E-state index is -1.05. The highest BCUT2D eigenvalue weighted by Gasteiger charge is 2.69. The molecule has 0 aliphatic carbocycles. The topological polar surface area (TPSA) is 42.1 Å². The molecule has 2 saturated heterocycles. The van der Waals surface area contributed by atoms with E-state index in [1.54, 1.807) is 11.8 Å². The lowest BCUT2D eigenvalue weighted by Crippen LogP contribution is -2.43. The molecule has 4 nitrogen and oxygen atoms in total. The van der Waals surface area contributed by atoms with Gasteiger partial charge in [0.2, 0.25) is 4.52 Å². The van der Waals surface area contributed by atoms with Crippen LogP contribution < -0.4 is 0 Å². The summed E-state index contributed by atoms with van der Waals surface area (Å²) in [5, 5.41) is 0. The number of carbonyl (C=O) groups is 1. The molecule has 2 aliphatic rings. The summed E-state index contributed by atoms with van der Waals surface area (Å²) in [5.74, 6) is 0. The first-order chi connectivity index (χ1) is 7.01. The first kappa shape index (κ1) is 11.3. The molecule has 1 amide bonds. The Balaban J connectivity index is 1.86. The summed E-state index contributed by atoms with van der Waals surface area (Å²) < 4.78 is 9.13. The van der Waals surface area contributed by atoms with Gasteiger partial charge >= 0.3 is 6.09 Å². The Morgan fingerprint density at radius 1 is 1.47 bits per heavy atom. The number of hydrogen-bond donors (Lipinski definition) is 0. The molecular weight excluding hydrogens is 241 g/mol. The lowest BCUT2D eigenvalue weighted by atomic mass is 9.98. The zero-order valence-electron chi connectivity index (χ0n) is 8.46. The normalized spacial score (nSPS) is 26.5. The minimum Gasteiger partial charge on any atom is -0.450 e. The van der Waals surface area contributed by atoms with Gasteiger partial charge in [0.05, 0.1) is 6.61 Å². The van der Waals surface area contributed by atoms with E-state index in [2.05, 4.69) is 0 Å². The van der Waals surface area contributed by atoms with Crippen molar-refractivity contribution < 1.29 is 14.3 Å². The van der Waals surface area contributed by atoms with Gasteiger partial charge in [-0.25, -0.2) is 4.79 Å². The predicted octanol–water partition coefficient (Wildman–Crippen LogP) is 2.14. The fraction of sp³-hybridized carbons (Fsp3) is 0.889. The summed E-state index contributed by atoms with van der Waals surface area (Å²) in [7, 11) is 0. The van der Waals surface area contributed by atoms with Crippen LogP contribution in [0, 0.1) is 0 Å². The van der Waals surface area contributed by atoms with E-state index < -0.39 is 10.1 Å². The number of rotatable bonds is 1. The van der Waals surface area contributed by atoms with Crippen molar-refractivity contribution in [2.24, 2.45) is 0 Å². The van der Waals surface area contributed by atoms with E-state index in [0.29, 0.717) is 32.5 Å². The summed E-state index contributed by atoms with van der Waals surface area (Å²) in [6.45, 7) is 3.35. The van der Waals surface area contributed by atoms with Crippen molar-refractivity contribution in [1.82, 2.24) is 4.90 Å². The van der Waals surface area contributed by atoms with E-state index >= 15 is 0 Å². The van der Waals surface area contributed by atoms with Crippen LogP contribution in [0.3, 0.4) is 0 Å². The number of likely N-dealkylation sites (tertiary alicyclic amines) is 1. The molecule has 2 rings (SSSR count). The maximum atomic E-state index is 11.4. The molecule has 2 fully saturated rings. The molecule has 1 spiro atoms. The highest BCUT2D eigenvalue weighted by molar-refractivity contribution is 6.50. The maximum Gasteiger partial charge on any atom is 0.409 e. The molecule has 6 heteroatoms. The van der Waals surface area contributed by atoms with Crippen LogP contribution in [0.4, 0.5) is 4.79 Å². The minimum absolute atomic E-state index is 0.275. The van der Waals surface area contributed by atoms with Gasteiger partial charge in [0.25, 0.3) is 0 Å². The van der Waals surface area contributed by atoms with E-state index in [1.807, 2.05) is 0 Å². The molecule has 0 unspecified atom stereocenters. The highest BCUT2D eigenvalue weighted by Crippen LogP contribution is 2.59. The smallest absolute Gasteiger partial charge is 0.409 e. The second kappa shape index (κ2) is 3.68. The molecule has 0 atom stereocenters. The van der Waals surface area contributed by atoms with Crippen molar-refractivity contribution in [2.45, 2.75) is 29.9 Å². The van der Waals surface area contributed by atoms with Crippen LogP contribution in [0.25, 0.3) is 0 Å². The SMILES string of the molecule is CCOC(=O)N1CCC2(CC1)OC2(Cl)Cl. The summed E-state index contributed by atoms with van der Waals surface area (Å²) >= 11 is 11.7. The Morgan fingerprint density at radius 3 is 2.40 bits per heavy atom. The van der Waals surface area contributed by atoms with Gasteiger partial charge in [0.15, 0.2) is 0 Å². The van der Waals surface area contributed by atoms with Crippen LogP contribution in [0.2, 0.25) is 0 Å². The number of carbonyl (C=O) groups excluding carboxylic acids is 1.